The molecule has 0 aliphatic carbocycles. The van der Waals surface area contributed by atoms with Gasteiger partial charge in [-0.3, -0.25) is 4.68 Å². The number of nitrogens with zero attached hydrogens (tertiary/aromatic N) is 2. The van der Waals surface area contributed by atoms with Crippen molar-refractivity contribution in [3.63, 3.8) is 0 Å². The molecule has 2 rings (SSSR count). The Hall–Kier alpha value is -1.68. The van der Waals surface area contributed by atoms with E-state index in [1.807, 2.05) is 32.3 Å². The molecule has 0 aliphatic heterocycles. The van der Waals surface area contributed by atoms with Gasteiger partial charge in [-0.25, -0.2) is 4.39 Å². The van der Waals surface area contributed by atoms with Gasteiger partial charge in [0.25, 0.3) is 0 Å². The largest absolute Gasteiger partial charge is 0.305 e. The van der Waals surface area contributed by atoms with Gasteiger partial charge >= 0.3 is 0 Å². The van der Waals surface area contributed by atoms with Crippen LogP contribution < -0.4 is 5.32 Å². The van der Waals surface area contributed by atoms with Gasteiger partial charge in [0.15, 0.2) is 0 Å². The van der Waals surface area contributed by atoms with E-state index in [1.54, 1.807) is 10.7 Å². The molecule has 0 radical (unpaired) electrons. The molecule has 0 aliphatic rings. The first-order valence-electron chi connectivity index (χ1n) is 6.10. The van der Waals surface area contributed by atoms with E-state index in [0.29, 0.717) is 0 Å². The van der Waals surface area contributed by atoms with Crippen molar-refractivity contribution in [3.05, 3.63) is 53.1 Å². The molecule has 18 heavy (non-hydrogen) atoms. The van der Waals surface area contributed by atoms with Crippen molar-refractivity contribution in [2.75, 3.05) is 6.54 Å². The van der Waals surface area contributed by atoms with Gasteiger partial charge in [0, 0.05) is 13.2 Å². The van der Waals surface area contributed by atoms with Crippen LogP contribution in [-0.2, 0) is 7.05 Å². The molecule has 1 aromatic carbocycles. The van der Waals surface area contributed by atoms with Crippen LogP contribution in [0.5, 0.6) is 0 Å². The number of aromatic nitrogens is 2. The third-order valence-electron chi connectivity index (χ3n) is 2.98. The first kappa shape index (κ1) is 12.8. The minimum atomic E-state index is -0.201. The smallest absolute Gasteiger partial charge is 0.123 e. The number of benzene rings is 1. The van der Waals surface area contributed by atoms with Crippen LogP contribution in [-0.4, -0.2) is 16.3 Å². The maximum absolute atomic E-state index is 13.2. The lowest BCUT2D eigenvalue weighted by atomic mass is 9.98. The summed E-state index contributed by atoms with van der Waals surface area (Å²) in [5.41, 5.74) is 2.96. The lowest BCUT2D eigenvalue weighted by molar-refractivity contribution is 0.590. The average Bonchev–Trinajstić information content (AvgIpc) is 2.73. The first-order chi connectivity index (χ1) is 8.61. The van der Waals surface area contributed by atoms with E-state index in [1.165, 1.54) is 6.07 Å². The molecule has 0 saturated heterocycles. The molecule has 1 atom stereocenters. The van der Waals surface area contributed by atoms with Crippen LogP contribution in [0.4, 0.5) is 4.39 Å². The van der Waals surface area contributed by atoms with Crippen molar-refractivity contribution in [2.24, 2.45) is 7.05 Å². The molecule has 0 amide bonds. The summed E-state index contributed by atoms with van der Waals surface area (Å²) >= 11 is 0. The Morgan fingerprint density at radius 1 is 1.39 bits per heavy atom. The second kappa shape index (κ2) is 5.31. The molecule has 1 unspecified atom stereocenters. The minimum Gasteiger partial charge on any atom is -0.305 e. The molecule has 1 N–H and O–H groups in total. The van der Waals surface area contributed by atoms with Crippen molar-refractivity contribution in [2.45, 2.75) is 19.9 Å². The molecule has 0 bridgehead atoms. The number of nitrogens with one attached hydrogen (secondary N) is 1. The summed E-state index contributed by atoms with van der Waals surface area (Å²) < 4.78 is 14.9. The second-order valence-corrected chi connectivity index (χ2v) is 4.41. The van der Waals surface area contributed by atoms with E-state index in [9.17, 15) is 4.39 Å². The zero-order valence-corrected chi connectivity index (χ0v) is 10.9. The van der Waals surface area contributed by atoms with Gasteiger partial charge < -0.3 is 5.32 Å². The fourth-order valence-electron chi connectivity index (χ4n) is 2.13. The quantitative estimate of drug-likeness (QED) is 0.900. The summed E-state index contributed by atoms with van der Waals surface area (Å²) in [6.07, 6.45) is 1.92. The predicted octanol–water partition coefficient (Wildman–Crippen LogP) is 2.57. The van der Waals surface area contributed by atoms with E-state index in [0.717, 1.165) is 23.4 Å². The number of aryl methyl sites for hydroxylation is 2. The fraction of sp³-hybridized carbons (Fsp3) is 0.357. The second-order valence-electron chi connectivity index (χ2n) is 4.41. The topological polar surface area (TPSA) is 29.9 Å². The lowest BCUT2D eigenvalue weighted by Gasteiger charge is -2.18. The molecular weight excluding hydrogens is 229 g/mol. The van der Waals surface area contributed by atoms with Gasteiger partial charge in [-0.15, -0.1) is 0 Å². The summed E-state index contributed by atoms with van der Waals surface area (Å²) in [4.78, 5) is 0. The lowest BCUT2D eigenvalue weighted by Crippen LogP contribution is -2.23. The Bertz CT molecular complexity index is 534. The molecule has 3 nitrogen and oxygen atoms in total. The zero-order chi connectivity index (χ0) is 13.1. The Kier molecular flexibility index (Phi) is 3.77. The molecule has 0 spiro atoms. The molecule has 0 fully saturated rings. The summed E-state index contributed by atoms with van der Waals surface area (Å²) in [6, 6.07) is 6.87. The number of halogens is 1. The SMILES string of the molecule is CCNC(c1ccn(C)n1)c1ccc(F)cc1C. The first-order valence-corrected chi connectivity index (χ1v) is 6.10. The van der Waals surface area contributed by atoms with Crippen molar-refractivity contribution >= 4 is 0 Å². The number of rotatable bonds is 4. The summed E-state index contributed by atoms with van der Waals surface area (Å²) in [5.74, 6) is -0.201. The van der Waals surface area contributed by atoms with Crippen LogP contribution in [0.2, 0.25) is 0 Å². The van der Waals surface area contributed by atoms with Crippen LogP contribution in [0, 0.1) is 12.7 Å². The van der Waals surface area contributed by atoms with Crippen LogP contribution >= 0.6 is 0 Å². The van der Waals surface area contributed by atoms with Gasteiger partial charge in [-0.1, -0.05) is 13.0 Å². The molecule has 4 heteroatoms. The average molecular weight is 247 g/mol. The monoisotopic (exact) mass is 247 g/mol. The van der Waals surface area contributed by atoms with E-state index in [4.69, 9.17) is 0 Å². The van der Waals surface area contributed by atoms with Gasteiger partial charge in [0.1, 0.15) is 5.82 Å². The van der Waals surface area contributed by atoms with Gasteiger partial charge in [-0.05, 0) is 42.8 Å². The van der Waals surface area contributed by atoms with Crippen molar-refractivity contribution in [1.82, 2.24) is 15.1 Å². The van der Waals surface area contributed by atoms with Gasteiger partial charge in [0.05, 0.1) is 11.7 Å². The Morgan fingerprint density at radius 2 is 2.17 bits per heavy atom. The Labute approximate surface area is 107 Å². The molecule has 1 aromatic heterocycles. The van der Waals surface area contributed by atoms with E-state index in [-0.39, 0.29) is 11.9 Å². The minimum absolute atomic E-state index is 0.0109. The molecule has 96 valence electrons. The van der Waals surface area contributed by atoms with Crippen LogP contribution in [0.3, 0.4) is 0 Å². The van der Waals surface area contributed by atoms with Crippen LogP contribution in [0.15, 0.2) is 30.5 Å². The summed E-state index contributed by atoms with van der Waals surface area (Å²) in [7, 11) is 1.89. The van der Waals surface area contributed by atoms with Crippen LogP contribution in [0.1, 0.15) is 29.8 Å². The Morgan fingerprint density at radius 3 is 2.72 bits per heavy atom. The van der Waals surface area contributed by atoms with E-state index >= 15 is 0 Å². The Balaban J connectivity index is 2.41. The molecule has 1 heterocycles. The van der Waals surface area contributed by atoms with Crippen molar-refractivity contribution in [1.29, 1.82) is 0 Å². The number of hydrogen-bond acceptors (Lipinski definition) is 2. The van der Waals surface area contributed by atoms with Crippen molar-refractivity contribution < 1.29 is 4.39 Å². The van der Waals surface area contributed by atoms with Crippen molar-refractivity contribution in [3.8, 4) is 0 Å². The van der Waals surface area contributed by atoms with E-state index < -0.39 is 0 Å². The fourth-order valence-corrected chi connectivity index (χ4v) is 2.13. The highest BCUT2D eigenvalue weighted by Crippen LogP contribution is 2.24. The number of hydrogen-bond donors (Lipinski definition) is 1. The standard InChI is InChI=1S/C14H18FN3/c1-4-16-14(13-7-8-18(3)17-13)12-6-5-11(15)9-10(12)2/h5-9,14,16H,4H2,1-3H3. The highest BCUT2D eigenvalue weighted by atomic mass is 19.1. The summed E-state index contributed by atoms with van der Waals surface area (Å²) in [6.45, 7) is 4.80. The van der Waals surface area contributed by atoms with E-state index in [2.05, 4.69) is 17.3 Å². The zero-order valence-electron chi connectivity index (χ0n) is 10.9. The van der Waals surface area contributed by atoms with Gasteiger partial charge in [-0.2, -0.15) is 5.10 Å². The molecule has 0 saturated carbocycles. The van der Waals surface area contributed by atoms with Crippen LogP contribution in [0.25, 0.3) is 0 Å². The van der Waals surface area contributed by atoms with Gasteiger partial charge in [0.2, 0.25) is 0 Å². The highest BCUT2D eigenvalue weighted by Gasteiger charge is 2.17. The highest BCUT2D eigenvalue weighted by molar-refractivity contribution is 5.34. The summed E-state index contributed by atoms with van der Waals surface area (Å²) in [5, 5.41) is 7.82. The third kappa shape index (κ3) is 2.59. The third-order valence-corrected chi connectivity index (χ3v) is 2.98. The predicted molar refractivity (Wildman–Crippen MR) is 69.9 cm³/mol. The normalized spacial score (nSPS) is 12.7. The maximum Gasteiger partial charge on any atom is 0.123 e. The molecule has 2 aromatic rings. The molecular formula is C14H18FN3. The maximum atomic E-state index is 13.2.